The van der Waals surface area contributed by atoms with E-state index in [1.54, 1.807) is 12.4 Å². The number of rotatable bonds is 4. The van der Waals surface area contributed by atoms with E-state index in [2.05, 4.69) is 21.4 Å². The van der Waals surface area contributed by atoms with Crippen LogP contribution in [0.5, 0.6) is 0 Å². The van der Waals surface area contributed by atoms with Gasteiger partial charge in [-0.3, -0.25) is 9.97 Å². The molecule has 0 unspecified atom stereocenters. The van der Waals surface area contributed by atoms with E-state index in [9.17, 15) is 0 Å². The van der Waals surface area contributed by atoms with E-state index < -0.39 is 0 Å². The molecule has 2 heterocycles. The van der Waals surface area contributed by atoms with Crippen molar-refractivity contribution in [3.63, 3.8) is 0 Å². The van der Waals surface area contributed by atoms with Crippen molar-refractivity contribution in [2.45, 2.75) is 6.42 Å². The van der Waals surface area contributed by atoms with Crippen LogP contribution in [0.1, 0.15) is 5.56 Å². The lowest BCUT2D eigenvalue weighted by atomic mass is 10.1. The highest BCUT2D eigenvalue weighted by Gasteiger charge is 2.05. The topological polar surface area (TPSA) is 63.8 Å². The van der Waals surface area contributed by atoms with Crippen molar-refractivity contribution in [3.8, 4) is 0 Å². The molecule has 0 aliphatic carbocycles. The maximum atomic E-state index is 6.03. The Morgan fingerprint density at radius 1 is 1.05 bits per heavy atom. The lowest BCUT2D eigenvalue weighted by Gasteiger charge is -2.12. The van der Waals surface area contributed by atoms with Gasteiger partial charge < -0.3 is 11.1 Å². The van der Waals surface area contributed by atoms with Crippen LogP contribution in [-0.2, 0) is 6.42 Å². The molecule has 3 aromatic rings. The molecule has 2 aromatic heterocycles. The molecule has 100 valence electrons. The molecule has 0 amide bonds. The Balaban J connectivity index is 1.79. The fourth-order valence-electron chi connectivity index (χ4n) is 2.23. The minimum Gasteiger partial charge on any atom is -0.396 e. The molecular weight excluding hydrogens is 248 g/mol. The second-order valence-corrected chi connectivity index (χ2v) is 4.64. The Bertz CT molecular complexity index is 710. The van der Waals surface area contributed by atoms with Gasteiger partial charge in [0.2, 0.25) is 0 Å². The number of nitrogens with zero attached hydrogens (tertiary/aromatic N) is 2. The van der Waals surface area contributed by atoms with E-state index in [0.29, 0.717) is 5.69 Å². The van der Waals surface area contributed by atoms with Gasteiger partial charge in [0.05, 0.1) is 23.1 Å². The molecular formula is C16H16N4. The first kappa shape index (κ1) is 12.4. The number of pyridine rings is 2. The summed E-state index contributed by atoms with van der Waals surface area (Å²) in [5, 5.41) is 4.47. The maximum absolute atomic E-state index is 6.03. The fourth-order valence-corrected chi connectivity index (χ4v) is 2.23. The van der Waals surface area contributed by atoms with E-state index in [0.717, 1.165) is 29.6 Å². The van der Waals surface area contributed by atoms with Crippen molar-refractivity contribution in [3.05, 3.63) is 60.6 Å². The standard InChI is InChI=1S/C16H16N4/c17-14-11-20-15-6-2-1-5-13(15)16(14)19-9-7-12-4-3-8-18-10-12/h1-6,8,10-11H,7,9,17H2,(H,19,20). The Labute approximate surface area is 117 Å². The van der Waals surface area contributed by atoms with Gasteiger partial charge in [0.25, 0.3) is 0 Å². The summed E-state index contributed by atoms with van der Waals surface area (Å²) in [5.41, 5.74) is 9.82. The summed E-state index contributed by atoms with van der Waals surface area (Å²) in [6.07, 6.45) is 6.28. The predicted molar refractivity (Wildman–Crippen MR) is 82.6 cm³/mol. The molecule has 0 aliphatic rings. The number of aromatic nitrogens is 2. The third kappa shape index (κ3) is 2.54. The quantitative estimate of drug-likeness (QED) is 0.760. The van der Waals surface area contributed by atoms with Crippen molar-refractivity contribution in [2.75, 3.05) is 17.6 Å². The van der Waals surface area contributed by atoms with Crippen LogP contribution >= 0.6 is 0 Å². The van der Waals surface area contributed by atoms with Crippen LogP contribution in [0.3, 0.4) is 0 Å². The zero-order valence-corrected chi connectivity index (χ0v) is 11.1. The summed E-state index contributed by atoms with van der Waals surface area (Å²) in [6, 6.07) is 12.0. The van der Waals surface area contributed by atoms with Crippen LogP contribution in [0.25, 0.3) is 10.9 Å². The zero-order chi connectivity index (χ0) is 13.8. The molecule has 0 saturated carbocycles. The first-order valence-electron chi connectivity index (χ1n) is 6.60. The van der Waals surface area contributed by atoms with Gasteiger partial charge in [-0.25, -0.2) is 0 Å². The molecule has 0 saturated heterocycles. The first-order chi connectivity index (χ1) is 9.84. The van der Waals surface area contributed by atoms with Crippen molar-refractivity contribution in [2.24, 2.45) is 0 Å². The summed E-state index contributed by atoms with van der Waals surface area (Å²) in [4.78, 5) is 8.45. The van der Waals surface area contributed by atoms with Gasteiger partial charge >= 0.3 is 0 Å². The summed E-state index contributed by atoms with van der Waals surface area (Å²) < 4.78 is 0. The van der Waals surface area contributed by atoms with Gasteiger partial charge in [-0.2, -0.15) is 0 Å². The molecule has 20 heavy (non-hydrogen) atoms. The van der Waals surface area contributed by atoms with Crippen molar-refractivity contribution in [1.29, 1.82) is 0 Å². The Morgan fingerprint density at radius 2 is 1.95 bits per heavy atom. The number of benzene rings is 1. The molecule has 1 aromatic carbocycles. The van der Waals surface area contributed by atoms with Crippen LogP contribution in [-0.4, -0.2) is 16.5 Å². The Morgan fingerprint density at radius 3 is 2.80 bits per heavy atom. The second-order valence-electron chi connectivity index (χ2n) is 4.64. The Hall–Kier alpha value is -2.62. The zero-order valence-electron chi connectivity index (χ0n) is 11.1. The lowest BCUT2D eigenvalue weighted by Crippen LogP contribution is -2.08. The lowest BCUT2D eigenvalue weighted by molar-refractivity contribution is 1.01. The van der Waals surface area contributed by atoms with Crippen LogP contribution < -0.4 is 11.1 Å². The Kier molecular flexibility index (Phi) is 3.46. The van der Waals surface area contributed by atoms with Gasteiger partial charge in [-0.15, -0.1) is 0 Å². The van der Waals surface area contributed by atoms with E-state index in [1.165, 1.54) is 5.56 Å². The van der Waals surface area contributed by atoms with Crippen LogP contribution in [0.4, 0.5) is 11.4 Å². The van der Waals surface area contributed by atoms with Crippen molar-refractivity contribution >= 4 is 22.3 Å². The number of hydrogen-bond acceptors (Lipinski definition) is 4. The fraction of sp³-hybridized carbons (Fsp3) is 0.125. The third-order valence-electron chi connectivity index (χ3n) is 3.24. The van der Waals surface area contributed by atoms with Gasteiger partial charge in [0.15, 0.2) is 0 Å². The second kappa shape index (κ2) is 5.57. The molecule has 0 fully saturated rings. The first-order valence-corrected chi connectivity index (χ1v) is 6.60. The van der Waals surface area contributed by atoms with Crippen LogP contribution in [0, 0.1) is 0 Å². The molecule has 3 N–H and O–H groups in total. The average molecular weight is 264 g/mol. The number of hydrogen-bond donors (Lipinski definition) is 2. The number of para-hydroxylation sites is 1. The van der Waals surface area contributed by atoms with E-state index in [-0.39, 0.29) is 0 Å². The van der Waals surface area contributed by atoms with Gasteiger partial charge in [0.1, 0.15) is 0 Å². The number of nitrogen functional groups attached to an aromatic ring is 1. The number of anilines is 2. The molecule has 0 bridgehead atoms. The molecule has 0 radical (unpaired) electrons. The molecule has 0 atom stereocenters. The number of nitrogens with two attached hydrogens (primary N) is 1. The number of nitrogens with one attached hydrogen (secondary N) is 1. The highest BCUT2D eigenvalue weighted by atomic mass is 14.9. The van der Waals surface area contributed by atoms with Crippen molar-refractivity contribution < 1.29 is 0 Å². The molecule has 3 rings (SSSR count). The minimum absolute atomic E-state index is 0.676. The van der Waals surface area contributed by atoms with Crippen LogP contribution in [0.2, 0.25) is 0 Å². The summed E-state index contributed by atoms with van der Waals surface area (Å²) in [6.45, 7) is 0.809. The summed E-state index contributed by atoms with van der Waals surface area (Å²) in [7, 11) is 0. The van der Waals surface area contributed by atoms with E-state index in [1.807, 2.05) is 36.5 Å². The minimum atomic E-state index is 0.676. The van der Waals surface area contributed by atoms with Crippen LogP contribution in [0.15, 0.2) is 55.0 Å². The monoisotopic (exact) mass is 264 g/mol. The van der Waals surface area contributed by atoms with Gasteiger partial charge in [0, 0.05) is 24.3 Å². The van der Waals surface area contributed by atoms with Crippen molar-refractivity contribution in [1.82, 2.24) is 9.97 Å². The van der Waals surface area contributed by atoms with E-state index in [4.69, 9.17) is 5.73 Å². The molecule has 4 heteroatoms. The molecule has 0 spiro atoms. The van der Waals surface area contributed by atoms with E-state index >= 15 is 0 Å². The smallest absolute Gasteiger partial charge is 0.0743 e. The van der Waals surface area contributed by atoms with Gasteiger partial charge in [-0.1, -0.05) is 24.3 Å². The predicted octanol–water partition coefficient (Wildman–Crippen LogP) is 2.87. The normalized spacial score (nSPS) is 10.6. The van der Waals surface area contributed by atoms with Gasteiger partial charge in [-0.05, 0) is 24.1 Å². The third-order valence-corrected chi connectivity index (χ3v) is 3.24. The highest BCUT2D eigenvalue weighted by Crippen LogP contribution is 2.27. The number of fused-ring (bicyclic) bond motifs is 1. The summed E-state index contributed by atoms with van der Waals surface area (Å²) >= 11 is 0. The molecule has 4 nitrogen and oxygen atoms in total. The maximum Gasteiger partial charge on any atom is 0.0743 e. The SMILES string of the molecule is Nc1cnc2ccccc2c1NCCc1cccnc1. The largest absolute Gasteiger partial charge is 0.396 e. The molecule has 0 aliphatic heterocycles. The highest BCUT2D eigenvalue weighted by molar-refractivity contribution is 5.96. The average Bonchev–Trinajstić information content (AvgIpc) is 2.50. The summed E-state index contributed by atoms with van der Waals surface area (Å²) in [5.74, 6) is 0.